The second-order valence-corrected chi connectivity index (χ2v) is 17.7. The first kappa shape index (κ1) is 59.1. The van der Waals surface area contributed by atoms with Gasteiger partial charge in [0, 0.05) is 33.7 Å². The van der Waals surface area contributed by atoms with Crippen LogP contribution in [-0.2, 0) is 34.3 Å². The van der Waals surface area contributed by atoms with Crippen molar-refractivity contribution in [1.29, 1.82) is 0 Å². The molecule has 0 amide bonds. The van der Waals surface area contributed by atoms with Crippen LogP contribution < -0.4 is 40.2 Å². The summed E-state index contributed by atoms with van der Waals surface area (Å²) in [6, 6.07) is 0.310. The van der Waals surface area contributed by atoms with E-state index in [0.717, 1.165) is 34.1 Å². The number of ether oxygens (including phenoxy) is 7. The number of anilines is 8. The minimum absolute atomic E-state index is 0.296. The van der Waals surface area contributed by atoms with Gasteiger partial charge in [0.05, 0.1) is 151 Å². The zero-order valence-corrected chi connectivity index (χ0v) is 47.1. The van der Waals surface area contributed by atoms with Gasteiger partial charge in [0.1, 0.15) is 25.2 Å². The van der Waals surface area contributed by atoms with Gasteiger partial charge in [-0.15, -0.1) is 0 Å². The maximum atomic E-state index is 5.99. The third kappa shape index (κ3) is 16.4. The third-order valence-corrected chi connectivity index (χ3v) is 12.0. The number of rotatable bonds is 19. The smallest absolute Gasteiger partial charge is 0.237 e. The average molecular weight is 1170 g/mol. The molecule has 32 heteroatoms. The Bertz CT molecular complexity index is 3120. The second-order valence-electron chi connectivity index (χ2n) is 15.7. The van der Waals surface area contributed by atoms with Crippen molar-refractivity contribution in [1.82, 2.24) is 79.0 Å². The fourth-order valence-corrected chi connectivity index (χ4v) is 7.10. The Hall–Kier alpha value is -7.11. The number of aromatic nitrogens is 16. The SMILES string of the molecule is COCCn1cc(Nc2ncc(Cl)c(OC)n2)c(C)n1.COCCn1ncc(Nc2ncc(Cl)c(OC)n2)c1C.COc1nc(Nc2cn(C3COC3)nc2C)ncc1Cl.COc1nc(Nc2cnn(C)c2Cl)ncc1Cl. The van der Waals surface area contributed by atoms with Gasteiger partial charge >= 0.3 is 0 Å². The molecule has 0 radical (unpaired) electrons. The quantitative estimate of drug-likeness (QED) is 0.0592. The molecule has 27 nitrogen and oxygen atoms in total. The summed E-state index contributed by atoms with van der Waals surface area (Å²) in [5.74, 6) is 2.84. The Morgan fingerprint density at radius 3 is 1.36 bits per heavy atom. The molecule has 412 valence electrons. The lowest BCUT2D eigenvalue weighted by Gasteiger charge is -2.25. The fourth-order valence-electron chi connectivity index (χ4n) is 6.29. The summed E-state index contributed by atoms with van der Waals surface area (Å²) in [6.07, 6.45) is 13.0. The molecular formula is C45H55Cl5N20O7. The molecule has 0 saturated carbocycles. The molecule has 4 N–H and O–H groups in total. The van der Waals surface area contributed by atoms with Crippen molar-refractivity contribution in [2.45, 2.75) is 39.9 Å². The van der Waals surface area contributed by atoms with Gasteiger partial charge < -0.3 is 54.4 Å². The van der Waals surface area contributed by atoms with E-state index in [1.807, 2.05) is 42.5 Å². The van der Waals surface area contributed by atoms with Crippen LogP contribution in [0.1, 0.15) is 23.1 Å². The van der Waals surface area contributed by atoms with Gasteiger partial charge in [-0.1, -0.05) is 58.0 Å². The molecule has 0 aliphatic carbocycles. The van der Waals surface area contributed by atoms with Gasteiger partial charge in [-0.2, -0.15) is 40.3 Å². The van der Waals surface area contributed by atoms with Crippen molar-refractivity contribution in [3.05, 3.63) is 91.9 Å². The number of methoxy groups -OCH3 is 6. The lowest BCUT2D eigenvalue weighted by atomic mass is 10.3. The summed E-state index contributed by atoms with van der Waals surface area (Å²) < 4.78 is 42.4. The Morgan fingerprint density at radius 2 is 0.948 bits per heavy atom. The zero-order valence-electron chi connectivity index (χ0n) is 43.3. The number of halogens is 5. The lowest BCUT2D eigenvalue weighted by Crippen LogP contribution is -2.30. The number of hydrogen-bond donors (Lipinski definition) is 4. The minimum Gasteiger partial charge on any atom is -0.480 e. The van der Waals surface area contributed by atoms with Crippen LogP contribution in [-0.4, -0.2) is 148 Å². The zero-order chi connectivity index (χ0) is 55.6. The van der Waals surface area contributed by atoms with Crippen molar-refractivity contribution >= 4 is 105 Å². The van der Waals surface area contributed by atoms with Gasteiger partial charge in [0.25, 0.3) is 0 Å². The van der Waals surface area contributed by atoms with Gasteiger partial charge in [-0.25, -0.2) is 19.9 Å². The summed E-state index contributed by atoms with van der Waals surface area (Å²) >= 11 is 29.5. The average Bonchev–Trinajstić information content (AvgIpc) is 4.16. The molecule has 1 aliphatic heterocycles. The standard InChI is InChI=1S/C12H14ClN5O2.2C12H16ClN5O2.C9H9Cl2N5O/c1-7-10(4-18(17-7)8-5-20-6-8)15-12-14-3-9(13)11(16-12)19-2;1-8-10(7-18(17-8)4-5-19-2)15-12-14-6-9(13)11(16-12)20-3;1-8-10(7-15-18(8)4-5-19-2)16-12-14-6-9(13)11(17-12)20-3;1-16-7(11)6(4-13-16)14-9-12-3-5(10)8(15-9)17-2/h3-4,8H,5-6H2,1-2H3,(H,14,15,16);6-7H,4-5H2,1-3H3,(H,14,15,16);6-7H,4-5H2,1-3H3,(H,14,16,17);3-4H,1-2H3,(H,12,14,15). The molecule has 8 aromatic rings. The van der Waals surface area contributed by atoms with E-state index >= 15 is 0 Å². The van der Waals surface area contributed by atoms with Gasteiger partial charge in [-0.05, 0) is 20.8 Å². The van der Waals surface area contributed by atoms with Crippen LogP contribution in [0.2, 0.25) is 25.2 Å². The Balaban J connectivity index is 0.000000167. The first-order valence-corrected chi connectivity index (χ1v) is 24.7. The molecule has 0 aromatic carbocycles. The molecule has 0 bridgehead atoms. The number of nitrogens with zero attached hydrogens (tertiary/aromatic N) is 16. The highest BCUT2D eigenvalue weighted by Crippen LogP contribution is 2.29. The van der Waals surface area contributed by atoms with Gasteiger partial charge in [0.2, 0.25) is 47.3 Å². The highest BCUT2D eigenvalue weighted by Gasteiger charge is 2.23. The summed E-state index contributed by atoms with van der Waals surface area (Å²) in [6.45, 7) is 9.76. The van der Waals surface area contributed by atoms with Gasteiger partial charge in [-0.3, -0.25) is 18.7 Å². The van der Waals surface area contributed by atoms with Crippen molar-refractivity contribution in [2.24, 2.45) is 7.05 Å². The molecule has 77 heavy (non-hydrogen) atoms. The molecule has 0 atom stereocenters. The van der Waals surface area contributed by atoms with Crippen LogP contribution in [0.25, 0.3) is 0 Å². The Kier molecular flexibility index (Phi) is 22.2. The van der Waals surface area contributed by atoms with Crippen molar-refractivity contribution in [2.75, 3.05) is 90.4 Å². The Labute approximate surface area is 467 Å². The van der Waals surface area contributed by atoms with E-state index in [1.165, 1.54) is 57.9 Å². The fraction of sp³-hybridized carbons (Fsp3) is 0.378. The van der Waals surface area contributed by atoms with Crippen LogP contribution in [0.5, 0.6) is 23.5 Å². The maximum absolute atomic E-state index is 5.99. The number of aryl methyl sites for hydroxylation is 3. The first-order valence-electron chi connectivity index (χ1n) is 22.8. The topological polar surface area (TPSA) is 287 Å². The van der Waals surface area contributed by atoms with Gasteiger partial charge in [0.15, 0.2) is 0 Å². The molecule has 9 rings (SSSR count). The van der Waals surface area contributed by atoms with Crippen LogP contribution in [0.4, 0.5) is 46.5 Å². The number of nitrogens with one attached hydrogen (secondary N) is 4. The second kappa shape index (κ2) is 28.9. The molecule has 0 unspecified atom stereocenters. The Morgan fingerprint density at radius 1 is 0.532 bits per heavy atom. The first-order chi connectivity index (χ1) is 37.1. The van der Waals surface area contributed by atoms with E-state index in [-0.39, 0.29) is 0 Å². The summed E-state index contributed by atoms with van der Waals surface area (Å²) in [4.78, 5) is 32.9. The highest BCUT2D eigenvalue weighted by molar-refractivity contribution is 6.33. The van der Waals surface area contributed by atoms with Crippen LogP contribution in [0.3, 0.4) is 0 Å². The lowest BCUT2D eigenvalue weighted by molar-refractivity contribution is -0.0287. The predicted molar refractivity (Wildman–Crippen MR) is 290 cm³/mol. The summed E-state index contributed by atoms with van der Waals surface area (Å²) in [5, 5.41) is 31.2. The van der Waals surface area contributed by atoms with E-state index in [4.69, 9.17) is 91.2 Å². The maximum Gasteiger partial charge on any atom is 0.237 e. The van der Waals surface area contributed by atoms with E-state index in [0.29, 0.717) is 124 Å². The highest BCUT2D eigenvalue weighted by atomic mass is 35.5. The summed E-state index contributed by atoms with van der Waals surface area (Å²) in [7, 11) is 11.1. The molecule has 9 heterocycles. The van der Waals surface area contributed by atoms with Crippen LogP contribution >= 0.6 is 58.0 Å². The molecule has 1 saturated heterocycles. The molecule has 0 spiro atoms. The largest absolute Gasteiger partial charge is 0.480 e. The van der Waals surface area contributed by atoms with Crippen molar-refractivity contribution in [3.8, 4) is 23.5 Å². The summed E-state index contributed by atoms with van der Waals surface area (Å²) in [5.41, 5.74) is 5.79. The van der Waals surface area contributed by atoms with E-state index in [9.17, 15) is 0 Å². The van der Waals surface area contributed by atoms with E-state index in [2.05, 4.69) is 81.5 Å². The third-order valence-electron chi connectivity index (χ3n) is 10.5. The van der Waals surface area contributed by atoms with E-state index in [1.54, 1.807) is 38.3 Å². The van der Waals surface area contributed by atoms with Crippen LogP contribution in [0, 0.1) is 20.8 Å². The molecule has 1 fully saturated rings. The van der Waals surface area contributed by atoms with E-state index < -0.39 is 0 Å². The molecule has 8 aromatic heterocycles. The number of hydrogen-bond acceptors (Lipinski definition) is 23. The normalized spacial score (nSPS) is 11.7. The molecular weight excluding hydrogens is 1110 g/mol. The predicted octanol–water partition coefficient (Wildman–Crippen LogP) is 8.29. The van der Waals surface area contributed by atoms with Crippen LogP contribution in [0.15, 0.2) is 49.6 Å². The molecule has 1 aliphatic rings. The van der Waals surface area contributed by atoms with Crippen molar-refractivity contribution in [3.63, 3.8) is 0 Å². The minimum atomic E-state index is 0.296. The monoisotopic (exact) mass is 1160 g/mol. The van der Waals surface area contributed by atoms with Crippen molar-refractivity contribution < 1.29 is 33.2 Å².